The second kappa shape index (κ2) is 6.89. The van der Waals surface area contributed by atoms with Crippen LogP contribution in [0.1, 0.15) is 36.5 Å². The van der Waals surface area contributed by atoms with Crippen LogP contribution in [-0.2, 0) is 4.74 Å². The molecule has 0 heterocycles. The molecule has 0 saturated carbocycles. The lowest BCUT2D eigenvalue weighted by molar-refractivity contribution is 0.0601. The minimum absolute atomic E-state index is 0.335. The van der Waals surface area contributed by atoms with Crippen molar-refractivity contribution in [3.8, 4) is 0 Å². The lowest BCUT2D eigenvalue weighted by atomic mass is 10.1. The number of hydrogen-bond donors (Lipinski definition) is 1. The Labute approximate surface area is 109 Å². The van der Waals surface area contributed by atoms with Crippen LogP contribution in [0.15, 0.2) is 18.2 Å². The molecule has 1 aromatic carbocycles. The number of methoxy groups -OCH3 is 1. The SMILES string of the molecule is CCCCCN(C)c1cc(C(=O)OC)ccc1N. The maximum Gasteiger partial charge on any atom is 0.337 e. The van der Waals surface area contributed by atoms with Crippen molar-refractivity contribution in [3.05, 3.63) is 23.8 Å². The van der Waals surface area contributed by atoms with Crippen molar-refractivity contribution in [2.45, 2.75) is 26.2 Å². The smallest absolute Gasteiger partial charge is 0.337 e. The van der Waals surface area contributed by atoms with Gasteiger partial charge in [0.05, 0.1) is 24.0 Å². The monoisotopic (exact) mass is 250 g/mol. The van der Waals surface area contributed by atoms with E-state index in [9.17, 15) is 4.79 Å². The summed E-state index contributed by atoms with van der Waals surface area (Å²) >= 11 is 0. The Morgan fingerprint density at radius 2 is 2.11 bits per heavy atom. The summed E-state index contributed by atoms with van der Waals surface area (Å²) in [7, 11) is 3.37. The van der Waals surface area contributed by atoms with Crippen molar-refractivity contribution in [2.24, 2.45) is 0 Å². The maximum atomic E-state index is 11.5. The molecule has 0 aliphatic rings. The number of anilines is 2. The normalized spacial score (nSPS) is 10.2. The maximum absolute atomic E-state index is 11.5. The molecule has 1 aromatic rings. The highest BCUT2D eigenvalue weighted by Crippen LogP contribution is 2.24. The van der Waals surface area contributed by atoms with Crippen LogP contribution in [0.25, 0.3) is 0 Å². The van der Waals surface area contributed by atoms with Crippen LogP contribution in [0, 0.1) is 0 Å². The fraction of sp³-hybridized carbons (Fsp3) is 0.500. The number of nitrogens with zero attached hydrogens (tertiary/aromatic N) is 1. The number of nitrogens with two attached hydrogens (primary N) is 1. The van der Waals surface area contributed by atoms with E-state index in [4.69, 9.17) is 10.5 Å². The minimum atomic E-state index is -0.335. The lowest BCUT2D eigenvalue weighted by Gasteiger charge is -2.21. The van der Waals surface area contributed by atoms with Gasteiger partial charge in [0.15, 0.2) is 0 Å². The van der Waals surface area contributed by atoms with Gasteiger partial charge in [-0.1, -0.05) is 19.8 Å². The van der Waals surface area contributed by atoms with E-state index in [1.807, 2.05) is 7.05 Å². The fourth-order valence-electron chi connectivity index (χ4n) is 1.84. The number of carbonyl (C=O) groups excluding carboxylic acids is 1. The molecule has 0 aliphatic heterocycles. The molecule has 1 rings (SSSR count). The number of nitrogen functional groups attached to an aromatic ring is 1. The first kappa shape index (κ1) is 14.4. The van der Waals surface area contributed by atoms with Crippen LogP contribution in [0.2, 0.25) is 0 Å². The number of benzene rings is 1. The van der Waals surface area contributed by atoms with Gasteiger partial charge in [-0.15, -0.1) is 0 Å². The average molecular weight is 250 g/mol. The van der Waals surface area contributed by atoms with Crippen molar-refractivity contribution in [1.82, 2.24) is 0 Å². The summed E-state index contributed by atoms with van der Waals surface area (Å²) in [5.74, 6) is -0.335. The third-order valence-corrected chi connectivity index (χ3v) is 2.96. The van der Waals surface area contributed by atoms with Gasteiger partial charge in [-0.3, -0.25) is 0 Å². The number of esters is 1. The van der Waals surface area contributed by atoms with Crippen molar-refractivity contribution >= 4 is 17.3 Å². The van der Waals surface area contributed by atoms with E-state index < -0.39 is 0 Å². The largest absolute Gasteiger partial charge is 0.465 e. The summed E-state index contributed by atoms with van der Waals surface area (Å²) in [6.45, 7) is 3.11. The van der Waals surface area contributed by atoms with Crippen molar-refractivity contribution in [1.29, 1.82) is 0 Å². The number of ether oxygens (including phenoxy) is 1. The summed E-state index contributed by atoms with van der Waals surface area (Å²) in [6, 6.07) is 5.22. The second-order valence-corrected chi connectivity index (χ2v) is 4.39. The third-order valence-electron chi connectivity index (χ3n) is 2.96. The molecule has 0 fully saturated rings. The Hall–Kier alpha value is -1.71. The second-order valence-electron chi connectivity index (χ2n) is 4.39. The molecule has 0 amide bonds. The topological polar surface area (TPSA) is 55.6 Å². The van der Waals surface area contributed by atoms with E-state index in [2.05, 4.69) is 11.8 Å². The van der Waals surface area contributed by atoms with Gasteiger partial charge in [0, 0.05) is 13.6 Å². The molecule has 0 saturated heterocycles. The molecule has 0 atom stereocenters. The third kappa shape index (κ3) is 3.65. The van der Waals surface area contributed by atoms with Crippen molar-refractivity contribution in [3.63, 3.8) is 0 Å². The molecule has 18 heavy (non-hydrogen) atoms. The van der Waals surface area contributed by atoms with Crippen molar-refractivity contribution < 1.29 is 9.53 Å². The molecule has 0 unspecified atom stereocenters. The number of hydrogen-bond acceptors (Lipinski definition) is 4. The van der Waals surface area contributed by atoms with E-state index in [-0.39, 0.29) is 5.97 Å². The van der Waals surface area contributed by atoms with Gasteiger partial charge < -0.3 is 15.4 Å². The fourth-order valence-corrected chi connectivity index (χ4v) is 1.84. The zero-order valence-corrected chi connectivity index (χ0v) is 11.4. The molecule has 4 nitrogen and oxygen atoms in total. The van der Waals surface area contributed by atoms with E-state index in [0.29, 0.717) is 11.3 Å². The predicted octanol–water partition coefficient (Wildman–Crippen LogP) is 2.68. The zero-order valence-electron chi connectivity index (χ0n) is 11.4. The van der Waals surface area contributed by atoms with Gasteiger partial charge in [-0.05, 0) is 24.6 Å². The number of unbranched alkanes of at least 4 members (excludes halogenated alkanes) is 2. The summed E-state index contributed by atoms with van der Waals surface area (Å²) in [4.78, 5) is 13.6. The van der Waals surface area contributed by atoms with Gasteiger partial charge in [-0.2, -0.15) is 0 Å². The van der Waals surface area contributed by atoms with Gasteiger partial charge in [0.25, 0.3) is 0 Å². The first-order valence-electron chi connectivity index (χ1n) is 6.29. The summed E-state index contributed by atoms with van der Waals surface area (Å²) < 4.78 is 4.71. The Kier molecular flexibility index (Phi) is 5.49. The first-order valence-corrected chi connectivity index (χ1v) is 6.29. The van der Waals surface area contributed by atoms with Crippen LogP contribution in [0.5, 0.6) is 0 Å². The summed E-state index contributed by atoms with van der Waals surface area (Å²) in [6.07, 6.45) is 3.50. The van der Waals surface area contributed by atoms with E-state index in [1.165, 1.54) is 20.0 Å². The van der Waals surface area contributed by atoms with Gasteiger partial charge in [-0.25, -0.2) is 4.79 Å². The van der Waals surface area contributed by atoms with Crippen LogP contribution in [0.3, 0.4) is 0 Å². The molecule has 0 aromatic heterocycles. The highest BCUT2D eigenvalue weighted by Gasteiger charge is 2.11. The first-order chi connectivity index (χ1) is 8.60. The minimum Gasteiger partial charge on any atom is -0.465 e. The highest BCUT2D eigenvalue weighted by atomic mass is 16.5. The molecule has 4 heteroatoms. The van der Waals surface area contributed by atoms with Crippen LogP contribution >= 0.6 is 0 Å². The lowest BCUT2D eigenvalue weighted by Crippen LogP contribution is -2.20. The Balaban J connectivity index is 2.82. The van der Waals surface area contributed by atoms with Crippen LogP contribution in [0.4, 0.5) is 11.4 Å². The Morgan fingerprint density at radius 3 is 2.72 bits per heavy atom. The van der Waals surface area contributed by atoms with E-state index in [1.54, 1.807) is 18.2 Å². The average Bonchev–Trinajstić information content (AvgIpc) is 2.38. The molecular formula is C14H22N2O2. The zero-order chi connectivity index (χ0) is 13.5. The number of rotatable bonds is 6. The Morgan fingerprint density at radius 1 is 1.39 bits per heavy atom. The van der Waals surface area contributed by atoms with Gasteiger partial charge >= 0.3 is 5.97 Å². The summed E-state index contributed by atoms with van der Waals surface area (Å²) in [5.41, 5.74) is 8.04. The standard InChI is InChI=1S/C14H22N2O2/c1-4-5-6-9-16(2)13-10-11(14(17)18-3)7-8-12(13)15/h7-8,10H,4-6,9,15H2,1-3H3. The molecule has 100 valence electrons. The molecule has 0 radical (unpaired) electrons. The van der Waals surface area contributed by atoms with Crippen molar-refractivity contribution in [2.75, 3.05) is 31.3 Å². The number of carbonyl (C=O) groups is 1. The molecular weight excluding hydrogens is 228 g/mol. The molecule has 2 N–H and O–H groups in total. The predicted molar refractivity (Wildman–Crippen MR) is 75.0 cm³/mol. The van der Waals surface area contributed by atoms with Crippen LogP contribution in [-0.4, -0.2) is 26.7 Å². The Bertz CT molecular complexity index is 405. The highest BCUT2D eigenvalue weighted by molar-refractivity contribution is 5.92. The van der Waals surface area contributed by atoms with Crippen LogP contribution < -0.4 is 10.6 Å². The van der Waals surface area contributed by atoms with E-state index in [0.717, 1.165) is 18.7 Å². The molecule has 0 spiro atoms. The van der Waals surface area contributed by atoms with E-state index >= 15 is 0 Å². The molecule has 0 aliphatic carbocycles. The summed E-state index contributed by atoms with van der Waals surface area (Å²) in [5, 5.41) is 0. The quantitative estimate of drug-likeness (QED) is 0.479. The molecule has 0 bridgehead atoms. The van der Waals surface area contributed by atoms with Gasteiger partial charge in [0.1, 0.15) is 0 Å². The van der Waals surface area contributed by atoms with Gasteiger partial charge in [0.2, 0.25) is 0 Å².